The fourth-order valence-electron chi connectivity index (χ4n) is 1.82. The number of nitrogens with one attached hydrogen (secondary N) is 1. The Morgan fingerprint density at radius 3 is 2.67 bits per heavy atom. The second-order valence-corrected chi connectivity index (χ2v) is 4.47. The minimum absolute atomic E-state index is 0.0666. The first kappa shape index (κ1) is 12.4. The van der Waals surface area contributed by atoms with Crippen LogP contribution in [0.25, 0.3) is 0 Å². The van der Waals surface area contributed by atoms with Crippen molar-refractivity contribution in [3.63, 3.8) is 0 Å². The molecule has 0 bridgehead atoms. The van der Waals surface area contributed by atoms with Crippen LogP contribution in [0.15, 0.2) is 30.5 Å². The van der Waals surface area contributed by atoms with Gasteiger partial charge in [-0.15, -0.1) is 0 Å². The highest BCUT2D eigenvalue weighted by atomic mass is 16.2. The molecule has 4 heteroatoms. The zero-order valence-electron chi connectivity index (χ0n) is 10.9. The third-order valence-electron chi connectivity index (χ3n) is 2.79. The van der Waals surface area contributed by atoms with E-state index in [1.165, 1.54) is 10.2 Å². The molecule has 0 amide bonds. The number of nitrogens with zero attached hydrogens (tertiary/aromatic N) is 2. The van der Waals surface area contributed by atoms with Gasteiger partial charge in [-0.2, -0.15) is 5.10 Å². The summed E-state index contributed by atoms with van der Waals surface area (Å²) in [6.45, 7) is 6.18. The van der Waals surface area contributed by atoms with Crippen LogP contribution in [0.3, 0.4) is 0 Å². The Morgan fingerprint density at radius 1 is 1.28 bits per heavy atom. The van der Waals surface area contributed by atoms with E-state index in [0.29, 0.717) is 0 Å². The summed E-state index contributed by atoms with van der Waals surface area (Å²) < 4.78 is 1.37. The first-order valence-corrected chi connectivity index (χ1v) is 5.93. The number of hydrogen-bond donors (Lipinski definition) is 1. The third kappa shape index (κ3) is 2.77. The number of anilines is 1. The number of carbonyl (C=O) groups is 1. The molecule has 4 nitrogen and oxygen atoms in total. The summed E-state index contributed by atoms with van der Waals surface area (Å²) in [5.74, 6) is -0.0666. The monoisotopic (exact) mass is 243 g/mol. The third-order valence-corrected chi connectivity index (χ3v) is 2.79. The molecule has 0 aliphatic carbocycles. The van der Waals surface area contributed by atoms with E-state index in [2.05, 4.69) is 23.4 Å². The minimum atomic E-state index is -0.0666. The molecule has 1 heterocycles. The van der Waals surface area contributed by atoms with Crippen LogP contribution in [0, 0.1) is 20.8 Å². The molecule has 0 saturated carbocycles. The zero-order valence-corrected chi connectivity index (χ0v) is 10.9. The maximum atomic E-state index is 11.8. The Hall–Kier alpha value is -2.10. The molecule has 0 unspecified atom stereocenters. The van der Waals surface area contributed by atoms with E-state index in [4.69, 9.17) is 0 Å². The van der Waals surface area contributed by atoms with Crippen LogP contribution >= 0.6 is 0 Å². The van der Waals surface area contributed by atoms with Gasteiger partial charge < -0.3 is 5.32 Å². The highest BCUT2D eigenvalue weighted by Gasteiger charge is 2.06. The molecule has 1 aromatic heterocycles. The second kappa shape index (κ2) is 5.04. The Morgan fingerprint density at radius 2 is 2.06 bits per heavy atom. The summed E-state index contributed by atoms with van der Waals surface area (Å²) in [7, 11) is 0. The van der Waals surface area contributed by atoms with E-state index in [-0.39, 0.29) is 12.5 Å². The summed E-state index contributed by atoms with van der Waals surface area (Å²) in [6.07, 6.45) is 1.68. The van der Waals surface area contributed by atoms with Crippen LogP contribution in [0.2, 0.25) is 0 Å². The number of rotatable bonds is 3. The summed E-state index contributed by atoms with van der Waals surface area (Å²) in [5, 5.41) is 7.22. The average molecular weight is 243 g/mol. The van der Waals surface area contributed by atoms with Gasteiger partial charge in [-0.05, 0) is 38.5 Å². The van der Waals surface area contributed by atoms with Crippen molar-refractivity contribution in [2.45, 2.75) is 20.8 Å². The topological polar surface area (TPSA) is 46.9 Å². The SMILES string of the molecule is Cc1ccc(NCC(=O)n2ccc(C)n2)c(C)c1. The Balaban J connectivity index is 2.01. The lowest BCUT2D eigenvalue weighted by molar-refractivity contribution is 0.0913. The zero-order chi connectivity index (χ0) is 13.1. The van der Waals surface area contributed by atoms with Crippen LogP contribution in [0.1, 0.15) is 21.6 Å². The fourth-order valence-corrected chi connectivity index (χ4v) is 1.82. The van der Waals surface area contributed by atoms with Gasteiger partial charge in [0.05, 0.1) is 12.2 Å². The van der Waals surface area contributed by atoms with Crippen LogP contribution in [0.4, 0.5) is 5.69 Å². The molecule has 0 aliphatic heterocycles. The molecule has 1 aromatic carbocycles. The Labute approximate surface area is 107 Å². The van der Waals surface area contributed by atoms with Gasteiger partial charge in [-0.1, -0.05) is 17.7 Å². The highest BCUT2D eigenvalue weighted by Crippen LogP contribution is 2.15. The molecule has 0 spiro atoms. The van der Waals surface area contributed by atoms with E-state index in [1.807, 2.05) is 32.0 Å². The molecule has 0 saturated heterocycles. The smallest absolute Gasteiger partial charge is 0.266 e. The molecule has 0 radical (unpaired) electrons. The highest BCUT2D eigenvalue weighted by molar-refractivity contribution is 5.82. The van der Waals surface area contributed by atoms with Gasteiger partial charge >= 0.3 is 0 Å². The quantitative estimate of drug-likeness (QED) is 0.901. The molecule has 1 N–H and O–H groups in total. The van der Waals surface area contributed by atoms with E-state index in [0.717, 1.165) is 16.9 Å². The number of aromatic nitrogens is 2. The van der Waals surface area contributed by atoms with E-state index in [9.17, 15) is 4.79 Å². The standard InChI is InChI=1S/C14H17N3O/c1-10-4-5-13(11(2)8-10)15-9-14(18)17-7-6-12(3)16-17/h4-8,15H,9H2,1-3H3. The molecule has 94 valence electrons. The maximum absolute atomic E-state index is 11.8. The fraction of sp³-hybridized carbons (Fsp3) is 0.286. The molecule has 18 heavy (non-hydrogen) atoms. The van der Waals surface area contributed by atoms with Crippen molar-refractivity contribution in [2.75, 3.05) is 11.9 Å². The maximum Gasteiger partial charge on any atom is 0.266 e. The first-order chi connectivity index (χ1) is 8.56. The predicted octanol–water partition coefficient (Wildman–Crippen LogP) is 2.56. The Kier molecular flexibility index (Phi) is 3.46. The molecule has 2 rings (SSSR count). The van der Waals surface area contributed by atoms with E-state index < -0.39 is 0 Å². The summed E-state index contributed by atoms with van der Waals surface area (Å²) in [6, 6.07) is 7.92. The van der Waals surface area contributed by atoms with E-state index in [1.54, 1.807) is 6.20 Å². The van der Waals surface area contributed by atoms with Gasteiger partial charge in [-0.3, -0.25) is 4.79 Å². The molecule has 0 fully saturated rings. The summed E-state index contributed by atoms with van der Waals surface area (Å²) >= 11 is 0. The lowest BCUT2D eigenvalue weighted by Gasteiger charge is -2.09. The average Bonchev–Trinajstić information content (AvgIpc) is 2.74. The van der Waals surface area contributed by atoms with Gasteiger partial charge in [0.1, 0.15) is 0 Å². The van der Waals surface area contributed by atoms with Gasteiger partial charge in [0.2, 0.25) is 0 Å². The lowest BCUT2D eigenvalue weighted by atomic mass is 10.1. The van der Waals surface area contributed by atoms with Crippen molar-refractivity contribution in [2.24, 2.45) is 0 Å². The molecular weight excluding hydrogens is 226 g/mol. The minimum Gasteiger partial charge on any atom is -0.376 e. The van der Waals surface area contributed by atoms with Crippen LogP contribution in [-0.2, 0) is 0 Å². The van der Waals surface area contributed by atoms with Crippen molar-refractivity contribution in [1.82, 2.24) is 9.78 Å². The molecular formula is C14H17N3O. The molecule has 0 atom stereocenters. The number of carbonyl (C=O) groups excluding carboxylic acids is 1. The van der Waals surface area contributed by atoms with Crippen LogP contribution in [-0.4, -0.2) is 22.2 Å². The van der Waals surface area contributed by atoms with E-state index >= 15 is 0 Å². The van der Waals surface area contributed by atoms with Gasteiger partial charge in [0, 0.05) is 11.9 Å². The normalized spacial score (nSPS) is 10.4. The van der Waals surface area contributed by atoms with Crippen LogP contribution < -0.4 is 5.32 Å². The van der Waals surface area contributed by atoms with Crippen LogP contribution in [0.5, 0.6) is 0 Å². The Bertz CT molecular complexity index is 572. The molecule has 0 aliphatic rings. The van der Waals surface area contributed by atoms with Crippen molar-refractivity contribution in [3.8, 4) is 0 Å². The first-order valence-electron chi connectivity index (χ1n) is 5.93. The van der Waals surface area contributed by atoms with Crippen molar-refractivity contribution in [3.05, 3.63) is 47.3 Å². The summed E-state index contributed by atoms with van der Waals surface area (Å²) in [4.78, 5) is 11.8. The van der Waals surface area contributed by atoms with Crippen molar-refractivity contribution < 1.29 is 4.79 Å². The number of benzene rings is 1. The largest absolute Gasteiger partial charge is 0.376 e. The summed E-state index contributed by atoms with van der Waals surface area (Å²) in [5.41, 5.74) is 4.18. The van der Waals surface area contributed by atoms with Gasteiger partial charge in [0.15, 0.2) is 0 Å². The molecule has 2 aromatic rings. The second-order valence-electron chi connectivity index (χ2n) is 4.47. The number of hydrogen-bond acceptors (Lipinski definition) is 3. The number of aryl methyl sites for hydroxylation is 3. The lowest BCUT2D eigenvalue weighted by Crippen LogP contribution is -2.21. The van der Waals surface area contributed by atoms with Crippen molar-refractivity contribution >= 4 is 11.6 Å². The predicted molar refractivity (Wildman–Crippen MR) is 72.0 cm³/mol. The van der Waals surface area contributed by atoms with Crippen molar-refractivity contribution in [1.29, 1.82) is 0 Å². The van der Waals surface area contributed by atoms with Gasteiger partial charge in [0.25, 0.3) is 5.91 Å². The van der Waals surface area contributed by atoms with Gasteiger partial charge in [-0.25, -0.2) is 4.68 Å².